The quantitative estimate of drug-likeness (QED) is 0.661. The van der Waals surface area contributed by atoms with Crippen molar-refractivity contribution >= 4 is 11.7 Å². The van der Waals surface area contributed by atoms with E-state index in [4.69, 9.17) is 10.1 Å². The Morgan fingerprint density at radius 3 is 2.66 bits per heavy atom. The first-order chi connectivity index (χ1) is 17.1. The third kappa shape index (κ3) is 5.29. The molecular weight excluding hydrogens is 444 g/mol. The molecule has 3 aliphatic heterocycles. The predicted octanol–water partition coefficient (Wildman–Crippen LogP) is 2.41. The second kappa shape index (κ2) is 10.2. The second-order valence-electron chi connectivity index (χ2n) is 9.00. The molecule has 1 N–H and O–H groups in total. The molecule has 0 saturated carbocycles. The molecule has 9 heteroatoms. The standard InChI is InChI=1S/C26H28N6O3/c27-13-20-7-10-32(35-19-20)24-6-5-23(28-14-24)16-30-11-12-31(26(30)34)18-25(33)17-29-9-8-21-3-1-2-4-22(21)15-29/h1-7,10,14,19,25,33H,8-9,11-12,15-18H2/t25-/m1/s1. The van der Waals surface area contributed by atoms with Crippen molar-refractivity contribution in [3.05, 3.63) is 83.5 Å². The topological polar surface area (TPSA) is 96.2 Å². The number of aliphatic hydroxyl groups excluding tert-OH is 1. The van der Waals surface area contributed by atoms with Gasteiger partial charge in [-0.25, -0.2) is 4.79 Å². The predicted molar refractivity (Wildman–Crippen MR) is 129 cm³/mol. The normalized spacial score (nSPS) is 18.7. The average Bonchev–Trinajstić information content (AvgIpc) is 3.23. The number of pyridine rings is 1. The lowest BCUT2D eigenvalue weighted by Gasteiger charge is -2.31. The summed E-state index contributed by atoms with van der Waals surface area (Å²) in [6, 6.07) is 14.1. The molecule has 1 atom stereocenters. The SMILES string of the molecule is N#CC1=CON(c2ccc(CN3CCN(C[C@H](O)CN4CCc5ccccc5C4)C3=O)nc2)C=C1. The van der Waals surface area contributed by atoms with E-state index in [-0.39, 0.29) is 6.03 Å². The number of β-amino-alcohol motifs (C(OH)–C–C–N with tert-alkyl or cyclic N) is 1. The zero-order valence-corrected chi connectivity index (χ0v) is 19.5. The molecule has 35 heavy (non-hydrogen) atoms. The Morgan fingerprint density at radius 2 is 1.91 bits per heavy atom. The van der Waals surface area contributed by atoms with Crippen LogP contribution >= 0.6 is 0 Å². The Labute approximate surface area is 204 Å². The number of nitriles is 1. The number of allylic oxidation sites excluding steroid dienone is 2. The minimum atomic E-state index is -0.588. The molecule has 1 aromatic heterocycles. The van der Waals surface area contributed by atoms with Crippen LogP contribution in [0.25, 0.3) is 0 Å². The average molecular weight is 473 g/mol. The van der Waals surface area contributed by atoms with Gasteiger partial charge in [0.1, 0.15) is 12.3 Å². The molecular formula is C26H28N6O3. The Bertz CT molecular complexity index is 1170. The first-order valence-electron chi connectivity index (χ1n) is 11.8. The second-order valence-corrected chi connectivity index (χ2v) is 9.00. The highest BCUT2D eigenvalue weighted by molar-refractivity contribution is 5.76. The van der Waals surface area contributed by atoms with Crippen molar-refractivity contribution in [1.82, 2.24) is 19.7 Å². The lowest BCUT2D eigenvalue weighted by Crippen LogP contribution is -2.43. The third-order valence-electron chi connectivity index (χ3n) is 6.52. The van der Waals surface area contributed by atoms with E-state index in [0.29, 0.717) is 38.3 Å². The fourth-order valence-electron chi connectivity index (χ4n) is 4.65. The first-order valence-corrected chi connectivity index (χ1v) is 11.8. The van der Waals surface area contributed by atoms with E-state index >= 15 is 0 Å². The van der Waals surface area contributed by atoms with Gasteiger partial charge >= 0.3 is 6.03 Å². The number of fused-ring (bicyclic) bond motifs is 1. The Morgan fingerprint density at radius 1 is 1.09 bits per heavy atom. The van der Waals surface area contributed by atoms with E-state index < -0.39 is 6.10 Å². The summed E-state index contributed by atoms with van der Waals surface area (Å²) in [5.74, 6) is 0. The zero-order valence-electron chi connectivity index (χ0n) is 19.5. The summed E-state index contributed by atoms with van der Waals surface area (Å²) in [6.45, 7) is 4.25. The maximum atomic E-state index is 12.9. The lowest BCUT2D eigenvalue weighted by molar-refractivity contribution is 0.0812. The van der Waals surface area contributed by atoms with Crippen LogP contribution in [-0.2, 0) is 24.3 Å². The molecule has 4 heterocycles. The van der Waals surface area contributed by atoms with Crippen LogP contribution in [0.5, 0.6) is 0 Å². The first kappa shape index (κ1) is 22.9. The molecule has 0 aliphatic carbocycles. The van der Waals surface area contributed by atoms with E-state index in [9.17, 15) is 9.90 Å². The van der Waals surface area contributed by atoms with Gasteiger partial charge in [0.15, 0.2) is 0 Å². The highest BCUT2D eigenvalue weighted by Gasteiger charge is 2.30. The molecule has 3 aliphatic rings. The summed E-state index contributed by atoms with van der Waals surface area (Å²) in [5, 5.41) is 21.1. The number of benzene rings is 1. The van der Waals surface area contributed by atoms with Crippen LogP contribution in [0, 0.1) is 11.3 Å². The molecule has 0 spiro atoms. The van der Waals surface area contributed by atoms with Crippen molar-refractivity contribution in [2.75, 3.05) is 37.8 Å². The molecule has 5 rings (SSSR count). The summed E-state index contributed by atoms with van der Waals surface area (Å²) in [6.07, 6.45) is 6.77. The lowest BCUT2D eigenvalue weighted by atomic mass is 10.00. The van der Waals surface area contributed by atoms with Gasteiger partial charge in [0.05, 0.1) is 35.8 Å². The fourth-order valence-corrected chi connectivity index (χ4v) is 4.65. The summed E-state index contributed by atoms with van der Waals surface area (Å²) in [5.41, 5.74) is 4.63. The third-order valence-corrected chi connectivity index (χ3v) is 6.52. The van der Waals surface area contributed by atoms with Crippen LogP contribution in [0.4, 0.5) is 10.5 Å². The van der Waals surface area contributed by atoms with Crippen molar-refractivity contribution in [1.29, 1.82) is 5.26 Å². The van der Waals surface area contributed by atoms with Crippen LogP contribution in [0.3, 0.4) is 0 Å². The monoisotopic (exact) mass is 472 g/mol. The van der Waals surface area contributed by atoms with Crippen molar-refractivity contribution in [3.63, 3.8) is 0 Å². The van der Waals surface area contributed by atoms with Gasteiger partial charge in [0, 0.05) is 45.5 Å². The number of carbonyl (C=O) groups is 1. The highest BCUT2D eigenvalue weighted by atomic mass is 16.7. The van der Waals surface area contributed by atoms with Crippen LogP contribution < -0.4 is 5.06 Å². The van der Waals surface area contributed by atoms with E-state index in [1.165, 1.54) is 22.5 Å². The number of hydroxylamine groups is 1. The van der Waals surface area contributed by atoms with Crippen molar-refractivity contribution in [2.45, 2.75) is 25.6 Å². The van der Waals surface area contributed by atoms with Crippen molar-refractivity contribution in [2.24, 2.45) is 0 Å². The van der Waals surface area contributed by atoms with Gasteiger partial charge in [-0.2, -0.15) is 10.3 Å². The van der Waals surface area contributed by atoms with Gasteiger partial charge in [-0.1, -0.05) is 24.3 Å². The van der Waals surface area contributed by atoms with E-state index in [0.717, 1.165) is 30.9 Å². The molecule has 0 unspecified atom stereocenters. The number of aromatic nitrogens is 1. The molecule has 1 fully saturated rings. The smallest absolute Gasteiger partial charge is 0.320 e. The fraction of sp³-hybridized carbons (Fsp3) is 0.346. The van der Waals surface area contributed by atoms with Crippen molar-refractivity contribution in [3.8, 4) is 6.07 Å². The molecule has 2 aromatic rings. The number of hydrogen-bond acceptors (Lipinski definition) is 7. The number of hydrogen-bond donors (Lipinski definition) is 1. The van der Waals surface area contributed by atoms with Crippen LogP contribution in [0.2, 0.25) is 0 Å². The number of nitrogens with zero attached hydrogens (tertiary/aromatic N) is 6. The number of amides is 2. The van der Waals surface area contributed by atoms with E-state index in [1.807, 2.05) is 18.2 Å². The minimum Gasteiger partial charge on any atom is -0.390 e. The summed E-state index contributed by atoms with van der Waals surface area (Å²) >= 11 is 0. The number of anilines is 1. The van der Waals surface area contributed by atoms with Crippen LogP contribution in [0.15, 0.2) is 66.7 Å². The van der Waals surface area contributed by atoms with Gasteiger partial charge in [-0.05, 0) is 35.8 Å². The molecule has 1 aromatic carbocycles. The molecule has 0 radical (unpaired) electrons. The largest absolute Gasteiger partial charge is 0.390 e. The van der Waals surface area contributed by atoms with E-state index in [1.54, 1.807) is 28.3 Å². The number of rotatable bonds is 7. The van der Waals surface area contributed by atoms with Gasteiger partial charge in [0.2, 0.25) is 0 Å². The maximum absolute atomic E-state index is 12.9. The number of carbonyl (C=O) groups excluding carboxylic acids is 1. The highest BCUT2D eigenvalue weighted by Crippen LogP contribution is 2.21. The molecule has 9 nitrogen and oxygen atoms in total. The zero-order chi connectivity index (χ0) is 24.2. The van der Waals surface area contributed by atoms with Gasteiger partial charge < -0.3 is 19.7 Å². The Kier molecular flexibility index (Phi) is 6.66. The summed E-state index contributed by atoms with van der Waals surface area (Å²) < 4.78 is 0. The molecule has 1 saturated heterocycles. The molecule has 0 bridgehead atoms. The Hall–Kier alpha value is -3.87. The van der Waals surface area contributed by atoms with Gasteiger partial charge in [0.25, 0.3) is 0 Å². The molecule has 180 valence electrons. The van der Waals surface area contributed by atoms with Crippen LogP contribution in [0.1, 0.15) is 16.8 Å². The van der Waals surface area contributed by atoms with Gasteiger partial charge in [-0.3, -0.25) is 9.88 Å². The minimum absolute atomic E-state index is 0.0737. The van der Waals surface area contributed by atoms with Crippen molar-refractivity contribution < 1.29 is 14.7 Å². The van der Waals surface area contributed by atoms with Crippen LogP contribution in [-0.4, -0.2) is 69.6 Å². The maximum Gasteiger partial charge on any atom is 0.320 e. The number of urea groups is 1. The Balaban J connectivity index is 1.10. The van der Waals surface area contributed by atoms with E-state index in [2.05, 4.69) is 34.1 Å². The summed E-state index contributed by atoms with van der Waals surface area (Å²) in [7, 11) is 0. The summed E-state index contributed by atoms with van der Waals surface area (Å²) in [4.78, 5) is 28.5. The van der Waals surface area contributed by atoms with Gasteiger partial charge in [-0.15, -0.1) is 0 Å². The number of aliphatic hydroxyl groups is 1. The molecule has 2 amide bonds.